The van der Waals surface area contributed by atoms with Crippen molar-refractivity contribution in [2.75, 3.05) is 0 Å². The molecule has 4 aliphatic rings. The molecule has 4 rings (SSSR count). The molecular formula is C26H20O6. The first-order valence-corrected chi connectivity index (χ1v) is 9.23. The maximum Gasteiger partial charge on any atom is 0.225 e. The molecule has 0 saturated heterocycles. The number of ketones is 6. The summed E-state index contributed by atoms with van der Waals surface area (Å²) in [4.78, 5) is 62.1. The standard InChI is InChI=1S/2C7H6O.2C6H4O2/c1-6-2-4-7(8)5-3-6;1-6-4-2-3-5-7(6)8;7-5-1-2-6(8)4-3-5;7-5-3-1-2-4-6(5)8/h2*2-5H,1H2;2*1-4H. The van der Waals surface area contributed by atoms with Crippen LogP contribution < -0.4 is 0 Å². The fraction of sp³-hybridized carbons (Fsp3) is 0. The lowest BCUT2D eigenvalue weighted by Gasteiger charge is -1.94. The van der Waals surface area contributed by atoms with Gasteiger partial charge < -0.3 is 0 Å². The lowest BCUT2D eigenvalue weighted by atomic mass is 10.1. The number of allylic oxidation sites excluding steroid dienone is 18. The second kappa shape index (κ2) is 13.6. The van der Waals surface area contributed by atoms with Gasteiger partial charge in [-0.15, -0.1) is 0 Å². The molecule has 6 nitrogen and oxygen atoms in total. The van der Waals surface area contributed by atoms with Gasteiger partial charge in [0.1, 0.15) is 0 Å². The Morgan fingerprint density at radius 2 is 0.688 bits per heavy atom. The van der Waals surface area contributed by atoms with E-state index in [-0.39, 0.29) is 23.1 Å². The Hall–Kier alpha value is -4.58. The first-order valence-electron chi connectivity index (χ1n) is 9.23. The maximum absolute atomic E-state index is 10.6. The van der Waals surface area contributed by atoms with Gasteiger partial charge in [0.25, 0.3) is 0 Å². The minimum absolute atomic E-state index is 0.00694. The van der Waals surface area contributed by atoms with Gasteiger partial charge in [-0.25, -0.2) is 0 Å². The predicted molar refractivity (Wildman–Crippen MR) is 121 cm³/mol. The lowest BCUT2D eigenvalue weighted by molar-refractivity contribution is -0.131. The minimum atomic E-state index is -0.437. The highest BCUT2D eigenvalue weighted by atomic mass is 16.2. The normalized spacial score (nSPS) is 17.5. The SMILES string of the molecule is C=C1C=CC(=O)C=C1.C=C1C=CC=CC1=O.O=C1C=CC(=O)C=C1.O=C1C=CC=CC1=O. The van der Waals surface area contributed by atoms with Gasteiger partial charge in [0.15, 0.2) is 23.1 Å². The van der Waals surface area contributed by atoms with Crippen molar-refractivity contribution in [3.8, 4) is 0 Å². The first kappa shape index (κ1) is 25.5. The molecule has 6 heteroatoms. The van der Waals surface area contributed by atoms with Gasteiger partial charge in [-0.05, 0) is 60.3 Å². The summed E-state index contributed by atoms with van der Waals surface area (Å²) >= 11 is 0. The van der Waals surface area contributed by atoms with Gasteiger partial charge >= 0.3 is 0 Å². The predicted octanol–water partition coefficient (Wildman–Crippen LogP) is 2.98. The van der Waals surface area contributed by atoms with E-state index in [0.717, 1.165) is 5.57 Å². The first-order chi connectivity index (χ1) is 15.2. The zero-order valence-electron chi connectivity index (χ0n) is 17.1. The van der Waals surface area contributed by atoms with Crippen molar-refractivity contribution >= 4 is 34.7 Å². The highest BCUT2D eigenvalue weighted by molar-refractivity contribution is 6.46. The Labute approximate surface area is 185 Å². The van der Waals surface area contributed by atoms with E-state index < -0.39 is 11.6 Å². The van der Waals surface area contributed by atoms with Crippen LogP contribution in [0.1, 0.15) is 0 Å². The summed E-state index contributed by atoms with van der Waals surface area (Å²) in [6.07, 6.45) is 23.7. The van der Waals surface area contributed by atoms with Crippen LogP contribution in [-0.4, -0.2) is 34.7 Å². The molecule has 0 aromatic carbocycles. The highest BCUT2D eigenvalue weighted by Gasteiger charge is 2.06. The van der Waals surface area contributed by atoms with Crippen LogP contribution >= 0.6 is 0 Å². The molecule has 0 heterocycles. The summed E-state index contributed by atoms with van der Waals surface area (Å²) in [5.41, 5.74) is 1.44. The van der Waals surface area contributed by atoms with Gasteiger partial charge in [-0.3, -0.25) is 28.8 Å². The fourth-order valence-electron chi connectivity index (χ4n) is 1.88. The summed E-state index contributed by atoms with van der Waals surface area (Å²) < 4.78 is 0. The number of hydrogen-bond acceptors (Lipinski definition) is 6. The number of hydrogen-bond donors (Lipinski definition) is 0. The zero-order valence-corrected chi connectivity index (χ0v) is 17.1. The van der Waals surface area contributed by atoms with E-state index in [4.69, 9.17) is 0 Å². The Kier molecular flexibility index (Phi) is 10.8. The molecule has 0 unspecified atom stereocenters. The molecule has 0 saturated carbocycles. The number of rotatable bonds is 0. The molecule has 160 valence electrons. The summed E-state index contributed by atoms with van der Waals surface area (Å²) in [6.45, 7) is 7.13. The van der Waals surface area contributed by atoms with E-state index in [1.807, 2.05) is 0 Å². The molecule has 0 spiro atoms. The van der Waals surface area contributed by atoms with Crippen LogP contribution in [0.3, 0.4) is 0 Å². The molecule has 0 N–H and O–H groups in total. The topological polar surface area (TPSA) is 102 Å². The third-order valence-corrected chi connectivity index (χ3v) is 3.57. The summed E-state index contributed by atoms with van der Waals surface area (Å²) in [5, 5.41) is 0. The monoisotopic (exact) mass is 428 g/mol. The van der Waals surface area contributed by atoms with Gasteiger partial charge in [0.05, 0.1) is 0 Å². The summed E-state index contributed by atoms with van der Waals surface area (Å²) in [5.74, 6) is -1.07. The van der Waals surface area contributed by atoms with Crippen LogP contribution in [0.2, 0.25) is 0 Å². The molecule has 4 aliphatic carbocycles. The molecule has 0 radical (unpaired) electrons. The molecule has 0 amide bonds. The molecule has 0 bridgehead atoms. The van der Waals surface area contributed by atoms with Crippen molar-refractivity contribution in [3.63, 3.8) is 0 Å². The van der Waals surface area contributed by atoms with Gasteiger partial charge in [0, 0.05) is 5.57 Å². The summed E-state index contributed by atoms with van der Waals surface area (Å²) in [6, 6.07) is 0. The molecule has 0 aliphatic heterocycles. The van der Waals surface area contributed by atoms with Crippen LogP contribution in [0, 0.1) is 0 Å². The van der Waals surface area contributed by atoms with Crippen LogP contribution in [0.15, 0.2) is 122 Å². The van der Waals surface area contributed by atoms with Crippen molar-refractivity contribution in [2.45, 2.75) is 0 Å². The third kappa shape index (κ3) is 10.8. The Bertz CT molecular complexity index is 887. The van der Waals surface area contributed by atoms with E-state index in [9.17, 15) is 28.8 Å². The van der Waals surface area contributed by atoms with E-state index >= 15 is 0 Å². The Balaban J connectivity index is 0.000000213. The molecule has 0 atom stereocenters. The average Bonchev–Trinajstić information content (AvgIpc) is 2.78. The van der Waals surface area contributed by atoms with Crippen molar-refractivity contribution in [3.05, 3.63) is 122 Å². The maximum atomic E-state index is 10.6. The van der Waals surface area contributed by atoms with Crippen molar-refractivity contribution in [1.82, 2.24) is 0 Å². The smallest absolute Gasteiger partial charge is 0.225 e. The Morgan fingerprint density at radius 1 is 0.375 bits per heavy atom. The van der Waals surface area contributed by atoms with E-state index in [2.05, 4.69) is 13.2 Å². The van der Waals surface area contributed by atoms with Gasteiger partial charge in [-0.1, -0.05) is 55.7 Å². The second-order valence-electron chi connectivity index (χ2n) is 6.17. The number of carbonyl (C=O) groups is 6. The largest absolute Gasteiger partial charge is 0.290 e. The minimum Gasteiger partial charge on any atom is -0.290 e. The zero-order chi connectivity index (χ0) is 23.9. The highest BCUT2D eigenvalue weighted by Crippen LogP contribution is 2.02. The molecule has 32 heavy (non-hydrogen) atoms. The van der Waals surface area contributed by atoms with E-state index in [1.54, 1.807) is 42.5 Å². The quantitative estimate of drug-likeness (QED) is 0.254. The molecule has 0 aromatic heterocycles. The lowest BCUT2D eigenvalue weighted by Crippen LogP contribution is -2.08. The molecule has 0 aromatic rings. The van der Waals surface area contributed by atoms with Crippen molar-refractivity contribution < 1.29 is 28.8 Å². The molecule has 0 fully saturated rings. The second-order valence-corrected chi connectivity index (χ2v) is 6.17. The van der Waals surface area contributed by atoms with Gasteiger partial charge in [-0.2, -0.15) is 0 Å². The van der Waals surface area contributed by atoms with Crippen LogP contribution in [0.5, 0.6) is 0 Å². The van der Waals surface area contributed by atoms with Crippen molar-refractivity contribution in [1.29, 1.82) is 0 Å². The third-order valence-electron chi connectivity index (χ3n) is 3.57. The Morgan fingerprint density at radius 3 is 0.938 bits per heavy atom. The van der Waals surface area contributed by atoms with Crippen LogP contribution in [0.4, 0.5) is 0 Å². The average molecular weight is 428 g/mol. The fourth-order valence-corrected chi connectivity index (χ4v) is 1.88. The van der Waals surface area contributed by atoms with Crippen molar-refractivity contribution in [2.24, 2.45) is 0 Å². The van der Waals surface area contributed by atoms with E-state index in [0.29, 0.717) is 5.57 Å². The van der Waals surface area contributed by atoms with Gasteiger partial charge in [0.2, 0.25) is 11.6 Å². The summed E-state index contributed by atoms with van der Waals surface area (Å²) in [7, 11) is 0. The molecular weight excluding hydrogens is 408 g/mol. The van der Waals surface area contributed by atoms with Crippen LogP contribution in [-0.2, 0) is 28.8 Å². The van der Waals surface area contributed by atoms with E-state index in [1.165, 1.54) is 54.7 Å². The van der Waals surface area contributed by atoms with Crippen LogP contribution in [0.25, 0.3) is 0 Å². The number of carbonyl (C=O) groups excluding carboxylic acids is 6.